The third-order valence-corrected chi connectivity index (χ3v) is 6.87. The van der Waals surface area contributed by atoms with E-state index < -0.39 is 34.0 Å². The lowest BCUT2D eigenvalue weighted by atomic mass is 9.92. The van der Waals surface area contributed by atoms with Crippen molar-refractivity contribution in [1.82, 2.24) is 4.31 Å². The highest BCUT2D eigenvalue weighted by molar-refractivity contribution is 7.89. The number of β-amino-alcohol motifs (C(OH)–C–C–N with tert-alkyl or cyclic N) is 1. The topological polar surface area (TPSA) is 135 Å². The lowest BCUT2D eigenvalue weighted by Gasteiger charge is -2.26. The van der Waals surface area contributed by atoms with Gasteiger partial charge in [-0.1, -0.05) is 0 Å². The summed E-state index contributed by atoms with van der Waals surface area (Å²) in [6.07, 6.45) is 0. The fraction of sp³-hybridized carbons (Fsp3) is 0.300. The first-order chi connectivity index (χ1) is 14.2. The standard InChI is InChI=1S/C20H18FN3O5S/c21-19-7-17(4-3-15(19)9-23)29-11-16-10-24(12-20(16,26)13-25)30(27,28)18-5-1-14(8-22)2-6-18/h1-7,16,25-26H,10-13H2/t16?,20-/m1/s1. The molecule has 2 N–H and O–H groups in total. The van der Waals surface area contributed by atoms with Crippen molar-refractivity contribution in [1.29, 1.82) is 10.5 Å². The Morgan fingerprint density at radius 3 is 2.47 bits per heavy atom. The number of benzene rings is 2. The minimum absolute atomic E-state index is 0.0440. The smallest absolute Gasteiger partial charge is 0.243 e. The van der Waals surface area contributed by atoms with Crippen LogP contribution in [-0.4, -0.2) is 54.8 Å². The van der Waals surface area contributed by atoms with E-state index in [9.17, 15) is 23.0 Å². The van der Waals surface area contributed by atoms with E-state index in [4.69, 9.17) is 15.3 Å². The molecule has 0 aromatic heterocycles. The van der Waals surface area contributed by atoms with Crippen molar-refractivity contribution >= 4 is 10.0 Å². The molecule has 3 rings (SSSR count). The second-order valence-corrected chi connectivity index (χ2v) is 8.89. The lowest BCUT2D eigenvalue weighted by Crippen LogP contribution is -2.44. The minimum Gasteiger partial charge on any atom is -0.493 e. The molecular formula is C20H18FN3O5S. The molecule has 0 radical (unpaired) electrons. The Hall–Kier alpha value is -3.02. The summed E-state index contributed by atoms with van der Waals surface area (Å²) >= 11 is 0. The van der Waals surface area contributed by atoms with Crippen LogP contribution < -0.4 is 4.74 Å². The maximum absolute atomic E-state index is 13.7. The van der Waals surface area contributed by atoms with E-state index in [0.29, 0.717) is 5.56 Å². The van der Waals surface area contributed by atoms with E-state index in [1.165, 1.54) is 36.4 Å². The first kappa shape index (κ1) is 21.7. The van der Waals surface area contributed by atoms with Crippen molar-refractivity contribution in [3.05, 3.63) is 59.4 Å². The molecular weight excluding hydrogens is 413 g/mol. The highest BCUT2D eigenvalue weighted by atomic mass is 32.2. The van der Waals surface area contributed by atoms with Crippen LogP contribution in [0.4, 0.5) is 4.39 Å². The molecule has 0 saturated carbocycles. The van der Waals surface area contributed by atoms with Gasteiger partial charge in [-0.3, -0.25) is 0 Å². The van der Waals surface area contributed by atoms with Gasteiger partial charge < -0.3 is 14.9 Å². The van der Waals surface area contributed by atoms with Gasteiger partial charge in [0.2, 0.25) is 10.0 Å². The van der Waals surface area contributed by atoms with Crippen molar-refractivity contribution in [2.75, 3.05) is 26.3 Å². The van der Waals surface area contributed by atoms with Crippen molar-refractivity contribution in [2.24, 2.45) is 5.92 Å². The van der Waals surface area contributed by atoms with E-state index in [-0.39, 0.29) is 35.9 Å². The summed E-state index contributed by atoms with van der Waals surface area (Å²) in [5.74, 6) is -1.43. The number of hydrogen-bond acceptors (Lipinski definition) is 7. The van der Waals surface area contributed by atoms with Gasteiger partial charge in [-0.2, -0.15) is 14.8 Å². The Morgan fingerprint density at radius 2 is 1.90 bits per heavy atom. The van der Waals surface area contributed by atoms with Crippen LogP contribution in [0.25, 0.3) is 0 Å². The molecule has 1 heterocycles. The summed E-state index contributed by atoms with van der Waals surface area (Å²) in [4.78, 5) is -0.0440. The monoisotopic (exact) mass is 431 g/mol. The Balaban J connectivity index is 1.77. The summed E-state index contributed by atoms with van der Waals surface area (Å²) < 4.78 is 46.1. The average molecular weight is 431 g/mol. The van der Waals surface area contributed by atoms with Crippen LogP contribution in [-0.2, 0) is 10.0 Å². The number of hydrogen-bond donors (Lipinski definition) is 2. The number of aliphatic hydroxyl groups is 2. The first-order valence-corrected chi connectivity index (χ1v) is 10.3. The number of ether oxygens (including phenoxy) is 1. The highest BCUT2D eigenvalue weighted by Crippen LogP contribution is 2.32. The molecule has 156 valence electrons. The van der Waals surface area contributed by atoms with E-state index in [1.807, 2.05) is 6.07 Å². The molecule has 1 saturated heterocycles. The zero-order chi connectivity index (χ0) is 21.9. The fourth-order valence-electron chi connectivity index (χ4n) is 3.21. The molecule has 2 aromatic carbocycles. The number of nitrogens with zero attached hydrogens (tertiary/aromatic N) is 3. The largest absolute Gasteiger partial charge is 0.493 e. The molecule has 1 aliphatic heterocycles. The van der Waals surface area contributed by atoms with Crippen molar-refractivity contribution in [3.8, 4) is 17.9 Å². The summed E-state index contributed by atoms with van der Waals surface area (Å²) in [5.41, 5.74) is -1.58. The van der Waals surface area contributed by atoms with Gasteiger partial charge in [0.05, 0.1) is 35.3 Å². The van der Waals surface area contributed by atoms with E-state index in [2.05, 4.69) is 0 Å². The third kappa shape index (κ3) is 4.13. The Morgan fingerprint density at radius 1 is 1.20 bits per heavy atom. The van der Waals surface area contributed by atoms with Gasteiger partial charge in [-0.25, -0.2) is 12.8 Å². The number of sulfonamides is 1. The van der Waals surface area contributed by atoms with Crippen molar-refractivity contribution in [2.45, 2.75) is 10.5 Å². The summed E-state index contributed by atoms with van der Waals surface area (Å²) in [6.45, 7) is -1.34. The number of nitriles is 2. The van der Waals surface area contributed by atoms with Crippen LogP contribution >= 0.6 is 0 Å². The Bertz CT molecular complexity index is 1120. The number of halogens is 1. The molecule has 1 fully saturated rings. The summed E-state index contributed by atoms with van der Waals surface area (Å²) in [5, 5.41) is 38.0. The molecule has 0 spiro atoms. The second-order valence-electron chi connectivity index (χ2n) is 6.96. The maximum Gasteiger partial charge on any atom is 0.243 e. The zero-order valence-corrected chi connectivity index (χ0v) is 16.5. The predicted molar refractivity (Wildman–Crippen MR) is 102 cm³/mol. The van der Waals surface area contributed by atoms with E-state index in [0.717, 1.165) is 10.4 Å². The molecule has 1 unspecified atom stereocenters. The van der Waals surface area contributed by atoms with Crippen LogP contribution in [0.2, 0.25) is 0 Å². The quantitative estimate of drug-likeness (QED) is 0.696. The van der Waals surface area contributed by atoms with Crippen LogP contribution in [0, 0.1) is 34.4 Å². The van der Waals surface area contributed by atoms with E-state index >= 15 is 0 Å². The molecule has 1 aliphatic rings. The van der Waals surface area contributed by atoms with Crippen LogP contribution in [0.3, 0.4) is 0 Å². The van der Waals surface area contributed by atoms with Crippen LogP contribution in [0.5, 0.6) is 5.75 Å². The molecule has 0 amide bonds. The number of aliphatic hydroxyl groups excluding tert-OH is 1. The van der Waals surface area contributed by atoms with Crippen molar-refractivity contribution in [3.63, 3.8) is 0 Å². The molecule has 2 atom stereocenters. The van der Waals surface area contributed by atoms with Gasteiger partial charge in [0, 0.05) is 25.1 Å². The average Bonchev–Trinajstić information content (AvgIpc) is 3.10. The van der Waals surface area contributed by atoms with Crippen LogP contribution in [0.1, 0.15) is 11.1 Å². The molecule has 10 heteroatoms. The van der Waals surface area contributed by atoms with Gasteiger partial charge in [-0.15, -0.1) is 0 Å². The molecule has 30 heavy (non-hydrogen) atoms. The molecule has 2 aromatic rings. The fourth-order valence-corrected chi connectivity index (χ4v) is 4.76. The second kappa shape index (κ2) is 8.38. The minimum atomic E-state index is -3.98. The normalized spacial score (nSPS) is 21.7. The first-order valence-electron chi connectivity index (χ1n) is 8.89. The third-order valence-electron chi connectivity index (χ3n) is 5.04. The molecule has 0 bridgehead atoms. The van der Waals surface area contributed by atoms with Gasteiger partial charge in [0.25, 0.3) is 0 Å². The van der Waals surface area contributed by atoms with Gasteiger partial charge in [0.15, 0.2) is 0 Å². The Kier molecular flexibility index (Phi) is 6.06. The lowest BCUT2D eigenvalue weighted by molar-refractivity contribution is -0.0452. The van der Waals surface area contributed by atoms with Gasteiger partial charge in [-0.05, 0) is 36.4 Å². The zero-order valence-electron chi connectivity index (χ0n) is 15.7. The predicted octanol–water partition coefficient (Wildman–Crippen LogP) is 0.992. The van der Waals surface area contributed by atoms with Crippen molar-refractivity contribution < 1.29 is 27.8 Å². The van der Waals surface area contributed by atoms with Gasteiger partial charge in [0.1, 0.15) is 23.2 Å². The van der Waals surface area contributed by atoms with Gasteiger partial charge >= 0.3 is 0 Å². The Labute approximate surface area is 173 Å². The SMILES string of the molecule is N#Cc1ccc(S(=O)(=O)N2CC(COc3ccc(C#N)c(F)c3)[C@](O)(CO)C2)cc1. The van der Waals surface area contributed by atoms with Crippen LogP contribution in [0.15, 0.2) is 47.4 Å². The summed E-state index contributed by atoms with van der Waals surface area (Å²) in [6, 6.07) is 12.6. The number of rotatable bonds is 6. The summed E-state index contributed by atoms with van der Waals surface area (Å²) in [7, 11) is -3.98. The highest BCUT2D eigenvalue weighted by Gasteiger charge is 2.49. The molecule has 8 nitrogen and oxygen atoms in total. The molecule has 0 aliphatic carbocycles. The maximum atomic E-state index is 13.7. The van der Waals surface area contributed by atoms with E-state index in [1.54, 1.807) is 6.07 Å².